The molecule has 1 aliphatic carbocycles. The highest BCUT2D eigenvalue weighted by molar-refractivity contribution is 4.99. The lowest BCUT2D eigenvalue weighted by Crippen LogP contribution is -2.45. The number of piperidine rings is 1. The van der Waals surface area contributed by atoms with Gasteiger partial charge in [-0.15, -0.1) is 0 Å². The van der Waals surface area contributed by atoms with Crippen molar-refractivity contribution >= 4 is 0 Å². The van der Waals surface area contributed by atoms with E-state index in [2.05, 4.69) is 25.7 Å². The largest absolute Gasteiger partial charge is 0.298 e. The zero-order chi connectivity index (χ0) is 8.77. The molecule has 1 spiro atoms. The minimum atomic E-state index is 0.746. The highest BCUT2D eigenvalue weighted by atomic mass is 15.2. The maximum atomic E-state index is 2.66. The van der Waals surface area contributed by atoms with Gasteiger partial charge in [0.1, 0.15) is 0 Å². The lowest BCUT2D eigenvalue weighted by Gasteiger charge is -2.40. The zero-order valence-corrected chi connectivity index (χ0v) is 8.64. The molecule has 0 bridgehead atoms. The summed E-state index contributed by atoms with van der Waals surface area (Å²) < 4.78 is 0. The quantitative estimate of drug-likeness (QED) is 0.580. The van der Waals surface area contributed by atoms with Gasteiger partial charge in [0.15, 0.2) is 0 Å². The van der Waals surface area contributed by atoms with Crippen molar-refractivity contribution in [2.75, 3.05) is 6.54 Å². The van der Waals surface area contributed by atoms with Gasteiger partial charge in [0.05, 0.1) is 0 Å². The van der Waals surface area contributed by atoms with Crippen LogP contribution in [0.15, 0.2) is 0 Å². The van der Waals surface area contributed by atoms with Crippen molar-refractivity contribution in [1.82, 2.24) is 4.90 Å². The van der Waals surface area contributed by atoms with Gasteiger partial charge < -0.3 is 0 Å². The lowest BCUT2D eigenvalue weighted by molar-refractivity contribution is 0.0833. The third kappa shape index (κ3) is 1.39. The maximum Gasteiger partial charge on any atom is 0.00749 e. The van der Waals surface area contributed by atoms with Crippen molar-refractivity contribution in [3.63, 3.8) is 0 Å². The van der Waals surface area contributed by atoms with E-state index in [0.29, 0.717) is 0 Å². The van der Waals surface area contributed by atoms with Crippen molar-refractivity contribution in [2.45, 2.75) is 58.5 Å². The molecule has 1 saturated carbocycles. The summed E-state index contributed by atoms with van der Waals surface area (Å²) in [5.41, 5.74) is 0.824. The summed E-state index contributed by atoms with van der Waals surface area (Å²) >= 11 is 0. The summed E-state index contributed by atoms with van der Waals surface area (Å²) in [5.74, 6) is 0. The fraction of sp³-hybridized carbons (Fsp3) is 1.00. The first-order valence-corrected chi connectivity index (χ1v) is 5.39. The van der Waals surface area contributed by atoms with Crippen molar-refractivity contribution in [3.05, 3.63) is 0 Å². The van der Waals surface area contributed by atoms with Crippen LogP contribution in [-0.4, -0.2) is 23.5 Å². The van der Waals surface area contributed by atoms with Crippen LogP contribution < -0.4 is 0 Å². The SMILES string of the molecule is CC(C)N1CCC2(CC2)C[C@H]1C. The van der Waals surface area contributed by atoms with Crippen LogP contribution in [0.3, 0.4) is 0 Å². The maximum absolute atomic E-state index is 2.66. The fourth-order valence-electron chi connectivity index (χ4n) is 2.83. The second-order valence-corrected chi connectivity index (χ2v) is 5.13. The molecule has 1 atom stereocenters. The molecule has 1 aliphatic heterocycles. The standard InChI is InChI=1S/C11H21N/c1-9(2)12-7-6-11(4-5-11)8-10(12)3/h9-10H,4-8H2,1-3H3/t10-/m1/s1. The minimum absolute atomic E-state index is 0.746. The number of likely N-dealkylation sites (tertiary alicyclic amines) is 1. The Morgan fingerprint density at radius 1 is 1.25 bits per heavy atom. The van der Waals surface area contributed by atoms with Crippen molar-refractivity contribution in [1.29, 1.82) is 0 Å². The minimum Gasteiger partial charge on any atom is -0.298 e. The fourth-order valence-corrected chi connectivity index (χ4v) is 2.83. The Labute approximate surface area is 76.1 Å². The first-order valence-electron chi connectivity index (χ1n) is 5.39. The van der Waals surface area contributed by atoms with Gasteiger partial charge in [0.25, 0.3) is 0 Å². The Bertz CT molecular complexity index is 170. The van der Waals surface area contributed by atoms with Gasteiger partial charge in [-0.3, -0.25) is 4.90 Å². The molecule has 1 nitrogen and oxygen atoms in total. The first-order chi connectivity index (χ1) is 5.63. The Morgan fingerprint density at radius 2 is 1.92 bits per heavy atom. The highest BCUT2D eigenvalue weighted by Crippen LogP contribution is 2.55. The topological polar surface area (TPSA) is 3.24 Å². The molecule has 1 heteroatoms. The number of nitrogens with zero attached hydrogens (tertiary/aromatic N) is 1. The lowest BCUT2D eigenvalue weighted by atomic mass is 9.88. The molecule has 70 valence electrons. The molecule has 1 saturated heterocycles. The monoisotopic (exact) mass is 167 g/mol. The number of hydrogen-bond donors (Lipinski definition) is 0. The van der Waals surface area contributed by atoms with Gasteiger partial charge in [-0.1, -0.05) is 0 Å². The summed E-state index contributed by atoms with van der Waals surface area (Å²) in [4.78, 5) is 2.66. The molecule has 2 aliphatic rings. The van der Waals surface area contributed by atoms with Gasteiger partial charge in [-0.2, -0.15) is 0 Å². The van der Waals surface area contributed by atoms with Gasteiger partial charge >= 0.3 is 0 Å². The van der Waals surface area contributed by atoms with Gasteiger partial charge in [0.2, 0.25) is 0 Å². The van der Waals surface area contributed by atoms with E-state index in [4.69, 9.17) is 0 Å². The molecule has 0 amide bonds. The van der Waals surface area contributed by atoms with Crippen LogP contribution in [0, 0.1) is 5.41 Å². The van der Waals surface area contributed by atoms with E-state index in [1.807, 2.05) is 0 Å². The van der Waals surface area contributed by atoms with E-state index in [0.717, 1.165) is 17.5 Å². The molecule has 0 aromatic rings. The van der Waals surface area contributed by atoms with E-state index < -0.39 is 0 Å². The molecular weight excluding hydrogens is 146 g/mol. The molecule has 0 aromatic carbocycles. The van der Waals surface area contributed by atoms with Crippen LogP contribution in [0.1, 0.15) is 46.5 Å². The summed E-state index contributed by atoms with van der Waals surface area (Å²) in [5, 5.41) is 0. The van der Waals surface area contributed by atoms with Gasteiger partial charge in [0, 0.05) is 12.1 Å². The molecule has 0 unspecified atom stereocenters. The third-order valence-electron chi connectivity index (χ3n) is 3.82. The van der Waals surface area contributed by atoms with E-state index >= 15 is 0 Å². The Hall–Kier alpha value is -0.0400. The van der Waals surface area contributed by atoms with Crippen LogP contribution in [0.4, 0.5) is 0 Å². The molecule has 2 rings (SSSR count). The molecule has 2 fully saturated rings. The summed E-state index contributed by atoms with van der Waals surface area (Å²) in [7, 11) is 0. The Kier molecular flexibility index (Phi) is 1.95. The van der Waals surface area contributed by atoms with Crippen LogP contribution in [0.5, 0.6) is 0 Å². The second-order valence-electron chi connectivity index (χ2n) is 5.13. The van der Waals surface area contributed by atoms with Crippen molar-refractivity contribution in [2.24, 2.45) is 5.41 Å². The Morgan fingerprint density at radius 3 is 2.33 bits per heavy atom. The smallest absolute Gasteiger partial charge is 0.00749 e. The van der Waals surface area contributed by atoms with Crippen LogP contribution in [0.25, 0.3) is 0 Å². The highest BCUT2D eigenvalue weighted by Gasteiger charge is 2.46. The van der Waals surface area contributed by atoms with Crippen LogP contribution >= 0.6 is 0 Å². The van der Waals surface area contributed by atoms with E-state index in [-0.39, 0.29) is 0 Å². The van der Waals surface area contributed by atoms with Crippen molar-refractivity contribution < 1.29 is 0 Å². The van der Waals surface area contributed by atoms with E-state index in [9.17, 15) is 0 Å². The van der Waals surface area contributed by atoms with E-state index in [1.165, 1.54) is 32.2 Å². The summed E-state index contributed by atoms with van der Waals surface area (Å²) in [6.07, 6.45) is 5.97. The Balaban J connectivity index is 1.95. The zero-order valence-electron chi connectivity index (χ0n) is 8.64. The molecule has 0 N–H and O–H groups in total. The average molecular weight is 167 g/mol. The van der Waals surface area contributed by atoms with Gasteiger partial charge in [-0.25, -0.2) is 0 Å². The molecule has 0 aromatic heterocycles. The first kappa shape index (κ1) is 8.55. The van der Waals surface area contributed by atoms with E-state index in [1.54, 1.807) is 0 Å². The average Bonchev–Trinajstić information content (AvgIpc) is 2.68. The summed E-state index contributed by atoms with van der Waals surface area (Å²) in [6.45, 7) is 8.39. The normalized spacial score (nSPS) is 34.5. The third-order valence-corrected chi connectivity index (χ3v) is 3.82. The predicted octanol–water partition coefficient (Wildman–Crippen LogP) is 2.66. The second kappa shape index (κ2) is 2.73. The molecule has 12 heavy (non-hydrogen) atoms. The van der Waals surface area contributed by atoms with Crippen LogP contribution in [0.2, 0.25) is 0 Å². The molecule has 1 heterocycles. The number of rotatable bonds is 1. The number of hydrogen-bond acceptors (Lipinski definition) is 1. The van der Waals surface area contributed by atoms with Gasteiger partial charge in [-0.05, 0) is 58.4 Å². The molecular formula is C11H21N. The predicted molar refractivity (Wildman–Crippen MR) is 52.2 cm³/mol. The van der Waals surface area contributed by atoms with Crippen LogP contribution in [-0.2, 0) is 0 Å². The summed E-state index contributed by atoms with van der Waals surface area (Å²) in [6, 6.07) is 1.58. The molecule has 0 radical (unpaired) electrons. The van der Waals surface area contributed by atoms with Crippen molar-refractivity contribution in [3.8, 4) is 0 Å².